The van der Waals surface area contributed by atoms with Gasteiger partial charge in [-0.2, -0.15) is 5.10 Å². The Labute approximate surface area is 229 Å². The molecule has 4 aromatic rings. The molecule has 0 aliphatic carbocycles. The smallest absolute Gasteiger partial charge is 0.240 e. The maximum absolute atomic E-state index is 13.9. The van der Waals surface area contributed by atoms with Crippen molar-refractivity contribution in [2.45, 2.75) is 18.6 Å². The lowest BCUT2D eigenvalue weighted by Crippen LogP contribution is -2.42. The second-order valence-corrected chi connectivity index (χ2v) is 10.4. The van der Waals surface area contributed by atoms with Gasteiger partial charge in [-0.15, -0.1) is 11.8 Å². The van der Waals surface area contributed by atoms with E-state index < -0.39 is 0 Å². The van der Waals surface area contributed by atoms with Crippen LogP contribution < -0.4 is 10.2 Å². The number of halogens is 2. The van der Waals surface area contributed by atoms with Crippen LogP contribution in [0.2, 0.25) is 5.02 Å². The van der Waals surface area contributed by atoms with E-state index in [1.807, 2.05) is 61.5 Å². The summed E-state index contributed by atoms with van der Waals surface area (Å²) in [6.07, 6.45) is 0.781. The van der Waals surface area contributed by atoms with Crippen LogP contribution in [0, 0.1) is 5.82 Å². The normalized spacial score (nSPS) is 15.2. The minimum absolute atomic E-state index is 0.157. The van der Waals surface area contributed by atoms with Crippen molar-refractivity contribution < 1.29 is 14.0 Å². The summed E-state index contributed by atoms with van der Waals surface area (Å²) in [7, 11) is 0. The van der Waals surface area contributed by atoms with Crippen LogP contribution in [0.1, 0.15) is 29.7 Å². The van der Waals surface area contributed by atoms with E-state index in [0.29, 0.717) is 28.8 Å². The number of rotatable bonds is 7. The topological polar surface area (TPSA) is 67.2 Å². The van der Waals surface area contributed by atoms with Crippen molar-refractivity contribution >= 4 is 41.0 Å². The lowest BCUT2D eigenvalue weighted by atomic mass is 9.99. The Morgan fingerprint density at radius 3 is 2.58 bits per heavy atom. The summed E-state index contributed by atoms with van der Waals surface area (Å²) in [5.41, 5.74) is 3.83. The molecular formula is C29H26ClFN4O2S. The fourth-order valence-electron chi connectivity index (χ4n) is 4.49. The predicted molar refractivity (Wildman–Crippen MR) is 150 cm³/mol. The molecule has 6 nitrogen and oxygen atoms in total. The van der Waals surface area contributed by atoms with Gasteiger partial charge < -0.3 is 5.32 Å². The van der Waals surface area contributed by atoms with Gasteiger partial charge in [0.1, 0.15) is 18.2 Å². The number of nitrogens with one attached hydrogen (secondary N) is 1. The highest BCUT2D eigenvalue weighted by Gasteiger charge is 2.37. The molecule has 3 aromatic carbocycles. The first-order chi connectivity index (χ1) is 18.5. The Hall–Kier alpha value is -3.62. The standard InChI is InChI=1S/C29H26ClFN4O2S/c1-2-15-32-24(36)17-34-25(37)18-38-28(20-9-6-10-21(30)16-20)26-27(19-7-4-3-5-8-19)33-35(29(26)34)23-13-11-22(31)12-14-23/h3-14,16,28H,2,15,17-18H2,1H3,(H,32,36)/t28-/m0/s1. The monoisotopic (exact) mass is 548 g/mol. The van der Waals surface area contributed by atoms with Crippen LogP contribution in [0.5, 0.6) is 0 Å². The largest absolute Gasteiger partial charge is 0.355 e. The Kier molecular flexibility index (Phi) is 7.81. The van der Waals surface area contributed by atoms with Gasteiger partial charge in [0.15, 0.2) is 0 Å². The predicted octanol–water partition coefficient (Wildman–Crippen LogP) is 6.03. The summed E-state index contributed by atoms with van der Waals surface area (Å²) in [4.78, 5) is 28.0. The van der Waals surface area contributed by atoms with Crippen molar-refractivity contribution in [2.75, 3.05) is 23.7 Å². The molecule has 9 heteroatoms. The highest BCUT2D eigenvalue weighted by atomic mass is 35.5. The first-order valence-corrected chi connectivity index (χ1v) is 13.8. The molecule has 0 bridgehead atoms. The van der Waals surface area contributed by atoms with E-state index in [2.05, 4.69) is 5.32 Å². The quantitative estimate of drug-likeness (QED) is 0.306. The number of carbonyl (C=O) groups excluding carboxylic acids is 2. The number of benzene rings is 3. The van der Waals surface area contributed by atoms with Crippen LogP contribution in [0.25, 0.3) is 16.9 Å². The number of thioether (sulfide) groups is 1. The van der Waals surface area contributed by atoms with Crippen LogP contribution >= 0.6 is 23.4 Å². The zero-order valence-corrected chi connectivity index (χ0v) is 22.3. The minimum Gasteiger partial charge on any atom is -0.355 e. The highest BCUT2D eigenvalue weighted by molar-refractivity contribution is 8.00. The summed E-state index contributed by atoms with van der Waals surface area (Å²) in [6.45, 7) is 2.33. The van der Waals surface area contributed by atoms with Crippen molar-refractivity contribution in [3.05, 3.63) is 101 Å². The summed E-state index contributed by atoms with van der Waals surface area (Å²) in [6, 6.07) is 23.2. The molecule has 0 saturated heterocycles. The first kappa shape index (κ1) is 26.0. The van der Waals surface area contributed by atoms with E-state index in [-0.39, 0.29) is 35.2 Å². The van der Waals surface area contributed by atoms with Gasteiger partial charge >= 0.3 is 0 Å². The van der Waals surface area contributed by atoms with Gasteiger partial charge in [-0.3, -0.25) is 14.5 Å². The number of carbonyl (C=O) groups is 2. The Morgan fingerprint density at radius 2 is 1.87 bits per heavy atom. The maximum Gasteiger partial charge on any atom is 0.240 e. The van der Waals surface area contributed by atoms with Gasteiger partial charge in [-0.1, -0.05) is 61.0 Å². The second kappa shape index (κ2) is 11.4. The Balaban J connectivity index is 1.78. The third-order valence-electron chi connectivity index (χ3n) is 6.23. The van der Waals surface area contributed by atoms with E-state index in [0.717, 1.165) is 23.1 Å². The molecular weight excluding hydrogens is 523 g/mol. The average molecular weight is 549 g/mol. The molecule has 0 spiro atoms. The maximum atomic E-state index is 13.9. The van der Waals surface area contributed by atoms with Crippen molar-refractivity contribution in [3.8, 4) is 16.9 Å². The zero-order chi connectivity index (χ0) is 26.6. The van der Waals surface area contributed by atoms with E-state index in [1.165, 1.54) is 28.8 Å². The van der Waals surface area contributed by atoms with Gasteiger partial charge in [0, 0.05) is 22.7 Å². The molecule has 194 valence electrons. The molecule has 0 saturated carbocycles. The van der Waals surface area contributed by atoms with Crippen LogP contribution in [0.3, 0.4) is 0 Å². The third-order valence-corrected chi connectivity index (χ3v) is 7.72. The molecule has 1 N–H and O–H groups in total. The van der Waals surface area contributed by atoms with E-state index in [1.54, 1.807) is 16.8 Å². The molecule has 1 aromatic heterocycles. The highest BCUT2D eigenvalue weighted by Crippen LogP contribution is 2.48. The number of aromatic nitrogens is 2. The number of hydrogen-bond acceptors (Lipinski definition) is 4. The lowest BCUT2D eigenvalue weighted by Gasteiger charge is -2.23. The number of nitrogens with zero attached hydrogens (tertiary/aromatic N) is 3. The number of anilines is 1. The van der Waals surface area contributed by atoms with Crippen LogP contribution in [-0.2, 0) is 9.59 Å². The van der Waals surface area contributed by atoms with Gasteiger partial charge in [-0.05, 0) is 48.4 Å². The summed E-state index contributed by atoms with van der Waals surface area (Å²) in [5.74, 6) is -0.206. The van der Waals surface area contributed by atoms with Gasteiger partial charge in [0.05, 0.1) is 22.4 Å². The van der Waals surface area contributed by atoms with Crippen molar-refractivity contribution in [2.24, 2.45) is 0 Å². The summed E-state index contributed by atoms with van der Waals surface area (Å²) in [5, 5.41) is 8.14. The number of amides is 2. The van der Waals surface area contributed by atoms with Gasteiger partial charge in [0.2, 0.25) is 11.8 Å². The second-order valence-electron chi connectivity index (χ2n) is 8.92. The SMILES string of the molecule is CCCNC(=O)CN1C(=O)CS[C@@H](c2cccc(Cl)c2)c2c(-c3ccccc3)nn(-c3ccc(F)cc3)c21. The van der Waals surface area contributed by atoms with Crippen LogP contribution in [0.15, 0.2) is 78.9 Å². The first-order valence-electron chi connectivity index (χ1n) is 12.3. The molecule has 0 fully saturated rings. The van der Waals surface area contributed by atoms with Gasteiger partial charge in [0.25, 0.3) is 0 Å². The molecule has 5 rings (SSSR count). The minimum atomic E-state index is -0.380. The third kappa shape index (κ3) is 5.33. The number of hydrogen-bond donors (Lipinski definition) is 1. The molecule has 1 aliphatic heterocycles. The van der Waals surface area contributed by atoms with E-state index >= 15 is 0 Å². The molecule has 1 atom stereocenters. The van der Waals surface area contributed by atoms with Crippen LogP contribution in [0.4, 0.5) is 10.2 Å². The summed E-state index contributed by atoms with van der Waals surface area (Å²) < 4.78 is 15.5. The average Bonchev–Trinajstić information content (AvgIpc) is 3.25. The summed E-state index contributed by atoms with van der Waals surface area (Å²) >= 11 is 7.85. The number of fused-ring (bicyclic) bond motifs is 1. The van der Waals surface area contributed by atoms with Crippen molar-refractivity contribution in [1.29, 1.82) is 0 Å². The Morgan fingerprint density at radius 1 is 1.11 bits per heavy atom. The van der Waals surface area contributed by atoms with Crippen molar-refractivity contribution in [3.63, 3.8) is 0 Å². The molecule has 0 unspecified atom stereocenters. The lowest BCUT2D eigenvalue weighted by molar-refractivity contribution is -0.122. The molecule has 2 amide bonds. The van der Waals surface area contributed by atoms with Gasteiger partial charge in [-0.25, -0.2) is 9.07 Å². The van der Waals surface area contributed by atoms with Crippen LogP contribution in [-0.4, -0.2) is 40.4 Å². The fraction of sp³-hybridized carbons (Fsp3) is 0.207. The van der Waals surface area contributed by atoms with E-state index in [9.17, 15) is 14.0 Å². The molecule has 1 aliphatic rings. The molecule has 0 radical (unpaired) electrons. The molecule has 38 heavy (non-hydrogen) atoms. The van der Waals surface area contributed by atoms with E-state index in [4.69, 9.17) is 16.7 Å². The van der Waals surface area contributed by atoms with Crippen molar-refractivity contribution in [1.82, 2.24) is 15.1 Å². The molecule has 2 heterocycles. The fourth-order valence-corrected chi connectivity index (χ4v) is 5.87. The zero-order valence-electron chi connectivity index (χ0n) is 20.7. The Bertz CT molecular complexity index is 1460.